The number of aryl methyl sites for hydroxylation is 2. The summed E-state index contributed by atoms with van der Waals surface area (Å²) in [5.74, 6) is -0.0814. The summed E-state index contributed by atoms with van der Waals surface area (Å²) < 4.78 is 1.73. The number of anilines is 1. The molecule has 6 heteroatoms. The average Bonchev–Trinajstić information content (AvgIpc) is 2.64. The third-order valence-electron chi connectivity index (χ3n) is 3.31. The first-order chi connectivity index (χ1) is 9.35. The standard InChI is InChI=1S/C14H21N5O/c1-6-16-14(3,4)13(20)17-10-7-11-9(2)18-19(5)12(11)15-8-10/h7-8,16H,6H2,1-5H3,(H,17,20). The topological polar surface area (TPSA) is 71.8 Å². The van der Waals surface area contributed by atoms with E-state index in [1.165, 1.54) is 0 Å². The Morgan fingerprint density at radius 1 is 1.45 bits per heavy atom. The SMILES string of the molecule is CCNC(C)(C)C(=O)Nc1cnc2c(c1)c(C)nn2C. The quantitative estimate of drug-likeness (QED) is 0.889. The average molecular weight is 275 g/mol. The lowest BCUT2D eigenvalue weighted by molar-refractivity contribution is -0.121. The van der Waals surface area contributed by atoms with Gasteiger partial charge in [0.2, 0.25) is 5.91 Å². The lowest BCUT2D eigenvalue weighted by Gasteiger charge is -2.24. The van der Waals surface area contributed by atoms with Gasteiger partial charge in [-0.3, -0.25) is 9.48 Å². The number of carbonyl (C=O) groups is 1. The van der Waals surface area contributed by atoms with Gasteiger partial charge in [0.05, 0.1) is 23.1 Å². The van der Waals surface area contributed by atoms with Crippen LogP contribution in [0, 0.1) is 6.92 Å². The zero-order chi connectivity index (χ0) is 14.9. The molecular formula is C14H21N5O. The number of likely N-dealkylation sites (N-methyl/N-ethyl adjacent to an activating group) is 1. The van der Waals surface area contributed by atoms with Crippen LogP contribution >= 0.6 is 0 Å². The number of hydrogen-bond donors (Lipinski definition) is 2. The minimum absolute atomic E-state index is 0.0814. The van der Waals surface area contributed by atoms with Crippen LogP contribution in [0.4, 0.5) is 5.69 Å². The zero-order valence-corrected chi connectivity index (χ0v) is 12.6. The Hall–Kier alpha value is -1.95. The lowest BCUT2D eigenvalue weighted by atomic mass is 10.0. The van der Waals surface area contributed by atoms with Crippen LogP contribution in [0.15, 0.2) is 12.3 Å². The maximum Gasteiger partial charge on any atom is 0.244 e. The lowest BCUT2D eigenvalue weighted by Crippen LogP contribution is -2.49. The molecule has 20 heavy (non-hydrogen) atoms. The van der Waals surface area contributed by atoms with Gasteiger partial charge in [-0.2, -0.15) is 5.10 Å². The smallest absolute Gasteiger partial charge is 0.244 e. The minimum atomic E-state index is -0.617. The third kappa shape index (κ3) is 2.65. The molecule has 0 spiro atoms. The van der Waals surface area contributed by atoms with E-state index in [0.29, 0.717) is 5.69 Å². The van der Waals surface area contributed by atoms with Gasteiger partial charge in [0.1, 0.15) is 0 Å². The summed E-state index contributed by atoms with van der Waals surface area (Å²) >= 11 is 0. The Bertz CT molecular complexity index is 644. The summed E-state index contributed by atoms with van der Waals surface area (Å²) in [5, 5.41) is 11.3. The molecule has 2 heterocycles. The van der Waals surface area contributed by atoms with Crippen molar-refractivity contribution in [3.8, 4) is 0 Å². The van der Waals surface area contributed by atoms with Gasteiger partial charge in [0, 0.05) is 12.4 Å². The molecule has 0 aromatic carbocycles. The Morgan fingerprint density at radius 2 is 2.15 bits per heavy atom. The number of rotatable bonds is 4. The fourth-order valence-corrected chi connectivity index (χ4v) is 2.19. The number of amides is 1. The van der Waals surface area contributed by atoms with Crippen LogP contribution in [-0.2, 0) is 11.8 Å². The molecule has 0 fully saturated rings. The van der Waals surface area contributed by atoms with Crippen molar-refractivity contribution in [2.75, 3.05) is 11.9 Å². The molecule has 0 saturated heterocycles. The Balaban J connectivity index is 2.26. The number of fused-ring (bicyclic) bond motifs is 1. The number of aromatic nitrogens is 3. The van der Waals surface area contributed by atoms with Gasteiger partial charge in [-0.15, -0.1) is 0 Å². The highest BCUT2D eigenvalue weighted by molar-refractivity contribution is 5.98. The number of nitrogens with one attached hydrogen (secondary N) is 2. The van der Waals surface area contributed by atoms with E-state index >= 15 is 0 Å². The predicted molar refractivity (Wildman–Crippen MR) is 79.6 cm³/mol. The van der Waals surface area contributed by atoms with Crippen LogP contribution in [0.3, 0.4) is 0 Å². The molecule has 0 saturated carbocycles. The molecule has 0 aliphatic carbocycles. The predicted octanol–water partition coefficient (Wildman–Crippen LogP) is 1.60. The van der Waals surface area contributed by atoms with Crippen LogP contribution in [-0.4, -0.2) is 32.8 Å². The van der Waals surface area contributed by atoms with E-state index in [1.54, 1.807) is 10.9 Å². The number of carbonyl (C=O) groups excluding carboxylic acids is 1. The molecular weight excluding hydrogens is 254 g/mol. The first kappa shape index (κ1) is 14.5. The molecule has 0 aliphatic rings. The second-order valence-corrected chi connectivity index (χ2v) is 5.41. The highest BCUT2D eigenvalue weighted by Gasteiger charge is 2.26. The molecule has 0 radical (unpaired) electrons. The fourth-order valence-electron chi connectivity index (χ4n) is 2.19. The first-order valence-electron chi connectivity index (χ1n) is 6.71. The van der Waals surface area contributed by atoms with E-state index in [0.717, 1.165) is 23.3 Å². The third-order valence-corrected chi connectivity index (χ3v) is 3.31. The highest BCUT2D eigenvalue weighted by Crippen LogP contribution is 2.20. The summed E-state index contributed by atoms with van der Waals surface area (Å²) in [4.78, 5) is 16.6. The summed E-state index contributed by atoms with van der Waals surface area (Å²) in [5.41, 5.74) is 1.78. The van der Waals surface area contributed by atoms with Gasteiger partial charge >= 0.3 is 0 Å². The molecule has 2 aromatic rings. The zero-order valence-electron chi connectivity index (χ0n) is 12.6. The molecule has 108 valence electrons. The Labute approximate surface area is 118 Å². The van der Waals surface area contributed by atoms with E-state index in [1.807, 2.05) is 40.8 Å². The minimum Gasteiger partial charge on any atom is -0.323 e. The normalized spacial score (nSPS) is 11.8. The van der Waals surface area contributed by atoms with Crippen molar-refractivity contribution in [1.29, 1.82) is 0 Å². The van der Waals surface area contributed by atoms with Gasteiger partial charge < -0.3 is 10.6 Å². The second-order valence-electron chi connectivity index (χ2n) is 5.41. The summed E-state index contributed by atoms with van der Waals surface area (Å²) in [7, 11) is 1.86. The van der Waals surface area contributed by atoms with Crippen LogP contribution in [0.2, 0.25) is 0 Å². The molecule has 2 aromatic heterocycles. The first-order valence-corrected chi connectivity index (χ1v) is 6.71. The van der Waals surface area contributed by atoms with Crippen molar-refractivity contribution in [3.63, 3.8) is 0 Å². The number of nitrogens with zero attached hydrogens (tertiary/aromatic N) is 3. The largest absolute Gasteiger partial charge is 0.323 e. The molecule has 0 aliphatic heterocycles. The van der Waals surface area contributed by atoms with Gasteiger partial charge in [0.15, 0.2) is 5.65 Å². The molecule has 0 atom stereocenters. The molecule has 0 unspecified atom stereocenters. The van der Waals surface area contributed by atoms with Crippen molar-refractivity contribution in [2.45, 2.75) is 33.2 Å². The van der Waals surface area contributed by atoms with Gasteiger partial charge in [0.25, 0.3) is 0 Å². The molecule has 1 amide bonds. The van der Waals surface area contributed by atoms with Crippen LogP contribution in [0.1, 0.15) is 26.5 Å². The van der Waals surface area contributed by atoms with E-state index in [-0.39, 0.29) is 5.91 Å². The van der Waals surface area contributed by atoms with Crippen LogP contribution < -0.4 is 10.6 Å². The van der Waals surface area contributed by atoms with E-state index < -0.39 is 5.54 Å². The summed E-state index contributed by atoms with van der Waals surface area (Å²) in [6.07, 6.45) is 1.66. The van der Waals surface area contributed by atoms with Crippen LogP contribution in [0.5, 0.6) is 0 Å². The second kappa shape index (κ2) is 5.20. The number of hydrogen-bond acceptors (Lipinski definition) is 4. The van der Waals surface area contributed by atoms with E-state index in [9.17, 15) is 4.79 Å². The monoisotopic (exact) mass is 275 g/mol. The van der Waals surface area contributed by atoms with Crippen molar-refractivity contribution < 1.29 is 4.79 Å². The summed E-state index contributed by atoms with van der Waals surface area (Å²) in [6, 6.07) is 1.91. The Morgan fingerprint density at radius 3 is 2.80 bits per heavy atom. The fraction of sp³-hybridized carbons (Fsp3) is 0.500. The van der Waals surface area contributed by atoms with Gasteiger partial charge in [-0.1, -0.05) is 6.92 Å². The highest BCUT2D eigenvalue weighted by atomic mass is 16.2. The molecule has 2 rings (SSSR count). The number of pyridine rings is 1. The maximum absolute atomic E-state index is 12.2. The molecule has 2 N–H and O–H groups in total. The maximum atomic E-state index is 12.2. The van der Waals surface area contributed by atoms with Crippen molar-refractivity contribution >= 4 is 22.6 Å². The Kier molecular flexibility index (Phi) is 3.76. The van der Waals surface area contributed by atoms with E-state index in [4.69, 9.17) is 0 Å². The van der Waals surface area contributed by atoms with Gasteiger partial charge in [-0.05, 0) is 33.4 Å². The summed E-state index contributed by atoms with van der Waals surface area (Å²) in [6.45, 7) is 8.35. The molecule has 6 nitrogen and oxygen atoms in total. The van der Waals surface area contributed by atoms with Crippen molar-refractivity contribution in [3.05, 3.63) is 18.0 Å². The van der Waals surface area contributed by atoms with Crippen molar-refractivity contribution in [2.24, 2.45) is 7.05 Å². The van der Waals surface area contributed by atoms with E-state index in [2.05, 4.69) is 20.7 Å². The molecule has 0 bridgehead atoms. The van der Waals surface area contributed by atoms with Crippen molar-refractivity contribution in [1.82, 2.24) is 20.1 Å². The van der Waals surface area contributed by atoms with Crippen LogP contribution in [0.25, 0.3) is 11.0 Å². The van der Waals surface area contributed by atoms with Gasteiger partial charge in [-0.25, -0.2) is 4.98 Å².